The molecule has 0 radical (unpaired) electrons. The summed E-state index contributed by atoms with van der Waals surface area (Å²) in [6.45, 7) is 4.15. The number of rotatable bonds is 4. The van der Waals surface area contributed by atoms with Crippen LogP contribution in [-0.4, -0.2) is 54.2 Å². The fourth-order valence-electron chi connectivity index (χ4n) is 4.40. The average molecular weight is 394 g/mol. The van der Waals surface area contributed by atoms with Crippen molar-refractivity contribution in [1.82, 2.24) is 19.8 Å². The average Bonchev–Trinajstić information content (AvgIpc) is 3.29. The van der Waals surface area contributed by atoms with Gasteiger partial charge in [-0.3, -0.25) is 4.79 Å². The first-order valence-corrected chi connectivity index (χ1v) is 10.6. The van der Waals surface area contributed by atoms with Crippen molar-refractivity contribution in [3.05, 3.63) is 35.4 Å². The van der Waals surface area contributed by atoms with E-state index in [9.17, 15) is 13.2 Å². The molecule has 146 valence electrons. The number of carbonyl (C=O) groups is 1. The second-order valence-corrected chi connectivity index (χ2v) is 9.54. The lowest BCUT2D eigenvalue weighted by Gasteiger charge is -2.24. The summed E-state index contributed by atoms with van der Waals surface area (Å²) in [5.41, 5.74) is -0.0687. The third kappa shape index (κ3) is 3.06. The number of amides is 1. The van der Waals surface area contributed by atoms with E-state index in [4.69, 9.17) is 8.94 Å². The van der Waals surface area contributed by atoms with Crippen LogP contribution in [0.2, 0.25) is 0 Å². The second-order valence-electron chi connectivity index (χ2n) is 7.56. The first kappa shape index (κ1) is 18.2. The number of aryl methyl sites for hydroxylation is 2. The molecule has 1 saturated carbocycles. The molecule has 10 heteroatoms. The molecule has 1 aliphatic carbocycles. The van der Waals surface area contributed by atoms with Crippen molar-refractivity contribution in [2.75, 3.05) is 19.3 Å². The molecule has 1 N–H and O–H groups in total. The minimum atomic E-state index is -3.32. The molecule has 1 unspecified atom stereocenters. The number of aromatic nitrogens is 2. The number of hydrogen-bond donors (Lipinski definition) is 1. The number of hydrogen-bond acceptors (Lipinski definition) is 7. The maximum absolute atomic E-state index is 12.5. The second kappa shape index (κ2) is 6.16. The van der Waals surface area contributed by atoms with Crippen molar-refractivity contribution in [2.45, 2.75) is 38.1 Å². The highest BCUT2D eigenvalue weighted by Gasteiger charge is 2.59. The summed E-state index contributed by atoms with van der Waals surface area (Å²) in [7, 11) is -3.32. The van der Waals surface area contributed by atoms with Gasteiger partial charge in [-0.2, -0.15) is 4.98 Å². The maximum atomic E-state index is 12.5. The molecular formula is C17H22N4O5S. The third-order valence-corrected chi connectivity index (χ3v) is 6.92. The Bertz CT molecular complexity index is 981. The molecule has 2 aromatic rings. The Balaban J connectivity index is 1.59. The van der Waals surface area contributed by atoms with E-state index in [2.05, 4.69) is 15.5 Å². The first-order chi connectivity index (χ1) is 12.7. The fourth-order valence-corrected chi connectivity index (χ4v) is 5.32. The van der Waals surface area contributed by atoms with Crippen LogP contribution in [0.3, 0.4) is 0 Å². The van der Waals surface area contributed by atoms with E-state index in [1.807, 2.05) is 0 Å². The molecule has 4 rings (SSSR count). The molecule has 3 heterocycles. The van der Waals surface area contributed by atoms with Gasteiger partial charge < -0.3 is 14.3 Å². The van der Waals surface area contributed by atoms with Gasteiger partial charge in [0.1, 0.15) is 5.76 Å². The van der Waals surface area contributed by atoms with Gasteiger partial charge in [0.2, 0.25) is 15.9 Å². The van der Waals surface area contributed by atoms with Gasteiger partial charge in [0.25, 0.3) is 5.91 Å². The van der Waals surface area contributed by atoms with Crippen molar-refractivity contribution in [1.29, 1.82) is 0 Å². The topological polar surface area (TPSA) is 119 Å². The lowest BCUT2D eigenvalue weighted by atomic mass is 9.80. The molecular weight excluding hydrogens is 372 g/mol. The van der Waals surface area contributed by atoms with Gasteiger partial charge in [0.05, 0.1) is 23.5 Å². The normalized spacial score (nSPS) is 28.4. The van der Waals surface area contributed by atoms with Crippen LogP contribution in [0.4, 0.5) is 0 Å². The number of nitrogens with zero attached hydrogens (tertiary/aromatic N) is 3. The molecule has 3 atom stereocenters. The standard InChI is InChI=1S/C17H22N4O5S/c1-10-14(4-5-25-10)15(22)19-13-6-12-8-21(27(3,23)24)9-17(12,7-13)16-18-11(2)20-26-16/h4-5,12-13H,6-9H2,1-3H3,(H,19,22)/t12?,13-,17+/m1/s1. The van der Waals surface area contributed by atoms with E-state index in [-0.39, 0.29) is 24.4 Å². The highest BCUT2D eigenvalue weighted by atomic mass is 32.2. The van der Waals surface area contributed by atoms with Crippen LogP contribution in [0.5, 0.6) is 0 Å². The third-order valence-electron chi connectivity index (χ3n) is 5.70. The molecule has 1 aliphatic heterocycles. The monoisotopic (exact) mass is 394 g/mol. The van der Waals surface area contributed by atoms with Crippen molar-refractivity contribution in [3.63, 3.8) is 0 Å². The zero-order chi connectivity index (χ0) is 19.4. The van der Waals surface area contributed by atoms with Crippen LogP contribution < -0.4 is 5.32 Å². The lowest BCUT2D eigenvalue weighted by Crippen LogP contribution is -2.39. The van der Waals surface area contributed by atoms with E-state index < -0.39 is 15.4 Å². The van der Waals surface area contributed by atoms with Crippen LogP contribution >= 0.6 is 0 Å². The highest BCUT2D eigenvalue weighted by molar-refractivity contribution is 7.88. The fraction of sp³-hybridized carbons (Fsp3) is 0.588. The molecule has 1 amide bonds. The Kier molecular flexibility index (Phi) is 4.15. The lowest BCUT2D eigenvalue weighted by molar-refractivity contribution is 0.0933. The SMILES string of the molecule is Cc1noc([C@]23C[C@H](NC(=O)c4ccoc4C)CC2CN(S(C)(=O)=O)C3)n1. The van der Waals surface area contributed by atoms with Crippen LogP contribution in [0.25, 0.3) is 0 Å². The van der Waals surface area contributed by atoms with Crippen LogP contribution in [0, 0.1) is 19.8 Å². The Morgan fingerprint density at radius 2 is 2.19 bits per heavy atom. The summed E-state index contributed by atoms with van der Waals surface area (Å²) in [6, 6.07) is 1.54. The predicted octanol–water partition coefficient (Wildman–Crippen LogP) is 1.00. The van der Waals surface area contributed by atoms with Crippen molar-refractivity contribution in [2.24, 2.45) is 5.92 Å². The smallest absolute Gasteiger partial charge is 0.255 e. The van der Waals surface area contributed by atoms with Crippen molar-refractivity contribution >= 4 is 15.9 Å². The molecule has 2 aliphatic rings. The summed E-state index contributed by atoms with van der Waals surface area (Å²) in [5, 5.41) is 6.94. The van der Waals surface area contributed by atoms with Gasteiger partial charge in [0, 0.05) is 19.1 Å². The van der Waals surface area contributed by atoms with E-state index in [0.717, 1.165) is 0 Å². The summed E-state index contributed by atoms with van der Waals surface area (Å²) < 4.78 is 36.3. The Hall–Kier alpha value is -2.20. The predicted molar refractivity (Wildman–Crippen MR) is 94.6 cm³/mol. The minimum Gasteiger partial charge on any atom is -0.469 e. The molecule has 2 fully saturated rings. The van der Waals surface area contributed by atoms with Crippen LogP contribution in [0.15, 0.2) is 21.3 Å². The van der Waals surface area contributed by atoms with Gasteiger partial charge >= 0.3 is 0 Å². The number of furan rings is 1. The summed E-state index contributed by atoms with van der Waals surface area (Å²) in [4.78, 5) is 16.9. The highest BCUT2D eigenvalue weighted by Crippen LogP contribution is 2.50. The quantitative estimate of drug-likeness (QED) is 0.822. The van der Waals surface area contributed by atoms with Crippen molar-refractivity contribution in [3.8, 4) is 0 Å². The number of fused-ring (bicyclic) bond motifs is 1. The van der Waals surface area contributed by atoms with Gasteiger partial charge in [0.15, 0.2) is 5.82 Å². The summed E-state index contributed by atoms with van der Waals surface area (Å²) in [5.74, 6) is 1.34. The number of sulfonamides is 1. The van der Waals surface area contributed by atoms with E-state index in [1.54, 1.807) is 19.9 Å². The van der Waals surface area contributed by atoms with Gasteiger partial charge in [-0.05, 0) is 38.7 Å². The summed E-state index contributed by atoms with van der Waals surface area (Å²) in [6.07, 6.45) is 3.89. The molecule has 0 spiro atoms. The van der Waals surface area contributed by atoms with E-state index >= 15 is 0 Å². The number of carbonyl (C=O) groups excluding carboxylic acids is 1. The molecule has 2 aromatic heterocycles. The molecule has 9 nitrogen and oxygen atoms in total. The molecule has 1 saturated heterocycles. The van der Waals surface area contributed by atoms with Crippen LogP contribution in [-0.2, 0) is 15.4 Å². The van der Waals surface area contributed by atoms with Gasteiger partial charge in [-0.1, -0.05) is 5.16 Å². The zero-order valence-corrected chi connectivity index (χ0v) is 16.2. The molecule has 27 heavy (non-hydrogen) atoms. The summed E-state index contributed by atoms with van der Waals surface area (Å²) >= 11 is 0. The molecule has 0 bridgehead atoms. The zero-order valence-electron chi connectivity index (χ0n) is 15.4. The Morgan fingerprint density at radius 1 is 1.41 bits per heavy atom. The van der Waals surface area contributed by atoms with Gasteiger partial charge in [-0.15, -0.1) is 0 Å². The first-order valence-electron chi connectivity index (χ1n) is 8.80. The minimum absolute atomic E-state index is 0.00261. The van der Waals surface area contributed by atoms with E-state index in [1.165, 1.54) is 16.8 Å². The Morgan fingerprint density at radius 3 is 2.78 bits per heavy atom. The maximum Gasteiger partial charge on any atom is 0.255 e. The Labute approximate surface area is 157 Å². The largest absolute Gasteiger partial charge is 0.469 e. The van der Waals surface area contributed by atoms with Crippen LogP contribution in [0.1, 0.15) is 40.7 Å². The molecule has 0 aromatic carbocycles. The number of nitrogens with one attached hydrogen (secondary N) is 1. The van der Waals surface area contributed by atoms with Crippen molar-refractivity contribution < 1.29 is 22.2 Å². The van der Waals surface area contributed by atoms with Gasteiger partial charge in [-0.25, -0.2) is 12.7 Å². The van der Waals surface area contributed by atoms with E-state index in [0.29, 0.717) is 42.4 Å².